The van der Waals surface area contributed by atoms with E-state index in [9.17, 15) is 14.0 Å². The smallest absolute Gasteiger partial charge is 0.267 e. The highest BCUT2D eigenvalue weighted by Crippen LogP contribution is 2.25. The number of aryl methyl sites for hydroxylation is 1. The van der Waals surface area contributed by atoms with E-state index >= 15 is 0 Å². The number of nitrogens with zero attached hydrogens (tertiary/aromatic N) is 4. The highest BCUT2D eigenvalue weighted by molar-refractivity contribution is 6.14. The molecular weight excluding hydrogens is 415 g/mol. The van der Waals surface area contributed by atoms with Gasteiger partial charge < -0.3 is 15.9 Å². The van der Waals surface area contributed by atoms with Gasteiger partial charge in [0.25, 0.3) is 11.8 Å². The molecule has 3 heterocycles. The molecule has 0 radical (unpaired) electrons. The number of hydrogen-bond donors (Lipinski definition) is 2. The zero-order chi connectivity index (χ0) is 23.0. The van der Waals surface area contributed by atoms with Gasteiger partial charge in [0.15, 0.2) is 6.10 Å². The topological polar surface area (TPSA) is 124 Å². The molecule has 10 heteroatoms. The van der Waals surface area contributed by atoms with Gasteiger partial charge in [-0.2, -0.15) is 5.10 Å². The van der Waals surface area contributed by atoms with Gasteiger partial charge >= 0.3 is 0 Å². The Morgan fingerprint density at radius 3 is 2.78 bits per heavy atom. The van der Waals surface area contributed by atoms with E-state index in [1.165, 1.54) is 18.2 Å². The Balaban J connectivity index is 1.63. The summed E-state index contributed by atoms with van der Waals surface area (Å²) in [4.78, 5) is 34.4. The van der Waals surface area contributed by atoms with E-state index in [0.29, 0.717) is 23.3 Å². The fourth-order valence-electron chi connectivity index (χ4n) is 3.74. The van der Waals surface area contributed by atoms with Crippen molar-refractivity contribution < 1.29 is 18.8 Å². The molecule has 0 aliphatic carbocycles. The molecule has 1 aromatic carbocycles. The molecule has 1 unspecified atom stereocenters. The normalized spacial score (nSPS) is 15.5. The number of primary amides is 1. The quantitative estimate of drug-likeness (QED) is 0.612. The number of rotatable bonds is 6. The number of oxime groups is 1. The fourth-order valence-corrected chi connectivity index (χ4v) is 3.74. The molecular formula is C22H23FN6O3. The van der Waals surface area contributed by atoms with Crippen LogP contribution in [-0.4, -0.2) is 38.4 Å². The summed E-state index contributed by atoms with van der Waals surface area (Å²) in [6.07, 6.45) is 1.47. The summed E-state index contributed by atoms with van der Waals surface area (Å²) in [6, 6.07) is 5.14. The number of halogens is 1. The van der Waals surface area contributed by atoms with Crippen LogP contribution in [0.5, 0.6) is 0 Å². The van der Waals surface area contributed by atoms with Gasteiger partial charge in [-0.25, -0.2) is 9.37 Å². The Morgan fingerprint density at radius 2 is 2.09 bits per heavy atom. The monoisotopic (exact) mass is 438 g/mol. The Kier molecular flexibility index (Phi) is 5.60. The summed E-state index contributed by atoms with van der Waals surface area (Å²) in [6.45, 7) is 6.17. The molecule has 0 bridgehead atoms. The van der Waals surface area contributed by atoms with Crippen LogP contribution in [0, 0.1) is 19.7 Å². The van der Waals surface area contributed by atoms with Crippen LogP contribution in [0.4, 0.5) is 10.1 Å². The van der Waals surface area contributed by atoms with E-state index in [-0.39, 0.29) is 22.9 Å². The molecule has 166 valence electrons. The van der Waals surface area contributed by atoms with E-state index < -0.39 is 17.6 Å². The number of hydrogen-bond acceptors (Lipinski definition) is 6. The zero-order valence-corrected chi connectivity index (χ0v) is 18.0. The van der Waals surface area contributed by atoms with E-state index in [4.69, 9.17) is 10.6 Å². The Bertz CT molecular complexity index is 1270. The van der Waals surface area contributed by atoms with Gasteiger partial charge in [-0.1, -0.05) is 12.1 Å². The molecule has 4 rings (SSSR count). The van der Waals surface area contributed by atoms with E-state index in [1.54, 1.807) is 11.6 Å². The lowest BCUT2D eigenvalue weighted by molar-refractivity contribution is 0.0692. The van der Waals surface area contributed by atoms with Crippen molar-refractivity contribution in [1.29, 1.82) is 0 Å². The summed E-state index contributed by atoms with van der Waals surface area (Å²) < 4.78 is 15.5. The van der Waals surface area contributed by atoms with Crippen LogP contribution >= 0.6 is 0 Å². The summed E-state index contributed by atoms with van der Waals surface area (Å²) in [5.74, 6) is -1.82. The maximum atomic E-state index is 13.7. The van der Waals surface area contributed by atoms with Crippen LogP contribution in [-0.2, 0) is 11.4 Å². The Hall–Kier alpha value is -3.82. The SMILES string of the molecule is CCC1=NOC(Cn2nc(C)c(NC(=O)c3cc(C(N)=O)nc4cc(F)ccc34)c2C)C1. The second-order valence-corrected chi connectivity index (χ2v) is 7.71. The molecule has 3 N–H and O–H groups in total. The van der Waals surface area contributed by atoms with Crippen molar-refractivity contribution in [2.45, 2.75) is 46.3 Å². The van der Waals surface area contributed by atoms with Gasteiger partial charge in [-0.15, -0.1) is 0 Å². The summed E-state index contributed by atoms with van der Waals surface area (Å²) in [5.41, 5.74) is 8.51. The maximum absolute atomic E-state index is 13.7. The van der Waals surface area contributed by atoms with Gasteiger partial charge in [0.05, 0.1) is 40.4 Å². The number of anilines is 1. The maximum Gasteiger partial charge on any atom is 0.267 e. The Labute approximate surface area is 183 Å². The number of carbonyl (C=O) groups is 2. The molecule has 1 aliphatic rings. The van der Waals surface area contributed by atoms with Gasteiger partial charge in [0.2, 0.25) is 0 Å². The van der Waals surface area contributed by atoms with Gasteiger partial charge in [0.1, 0.15) is 11.5 Å². The third-order valence-corrected chi connectivity index (χ3v) is 5.47. The number of carbonyl (C=O) groups excluding carboxylic acids is 2. The van der Waals surface area contributed by atoms with Gasteiger partial charge in [0, 0.05) is 17.9 Å². The van der Waals surface area contributed by atoms with Crippen LogP contribution in [0.15, 0.2) is 29.4 Å². The predicted molar refractivity (Wildman–Crippen MR) is 117 cm³/mol. The van der Waals surface area contributed by atoms with Crippen molar-refractivity contribution in [2.75, 3.05) is 5.32 Å². The third-order valence-electron chi connectivity index (χ3n) is 5.47. The number of nitrogens with two attached hydrogens (primary N) is 1. The van der Waals surface area contributed by atoms with E-state index in [1.807, 2.05) is 13.8 Å². The molecule has 1 atom stereocenters. The van der Waals surface area contributed by atoms with Crippen LogP contribution in [0.25, 0.3) is 10.9 Å². The first kappa shape index (κ1) is 21.4. The molecule has 3 aromatic rings. The average molecular weight is 438 g/mol. The standard InChI is InChI=1S/C22H23FN6O3/c1-4-14-8-15(32-28-14)10-29-12(3)20(11(2)27-29)26-22(31)17-9-19(21(24)30)25-18-7-13(23)5-6-16(17)18/h5-7,9,15H,4,8,10H2,1-3H3,(H2,24,30)(H,26,31). The number of pyridine rings is 1. The highest BCUT2D eigenvalue weighted by atomic mass is 19.1. The van der Waals surface area contributed by atoms with Crippen LogP contribution in [0.3, 0.4) is 0 Å². The van der Waals surface area contributed by atoms with Crippen molar-refractivity contribution >= 4 is 34.1 Å². The summed E-state index contributed by atoms with van der Waals surface area (Å²) >= 11 is 0. The van der Waals surface area contributed by atoms with Crippen molar-refractivity contribution in [3.8, 4) is 0 Å². The number of nitrogens with one attached hydrogen (secondary N) is 1. The zero-order valence-electron chi connectivity index (χ0n) is 18.0. The first-order valence-corrected chi connectivity index (χ1v) is 10.2. The first-order chi connectivity index (χ1) is 15.3. The molecule has 0 saturated carbocycles. The number of fused-ring (bicyclic) bond motifs is 1. The molecule has 32 heavy (non-hydrogen) atoms. The largest absolute Gasteiger partial charge is 0.390 e. The lowest BCUT2D eigenvalue weighted by Gasteiger charge is -2.12. The van der Waals surface area contributed by atoms with Crippen LogP contribution in [0.1, 0.15) is 52.0 Å². The van der Waals surface area contributed by atoms with Crippen molar-refractivity contribution in [3.05, 3.63) is 52.7 Å². The van der Waals surface area contributed by atoms with E-state index in [0.717, 1.165) is 30.3 Å². The molecule has 2 aromatic heterocycles. The van der Waals surface area contributed by atoms with Gasteiger partial charge in [-0.3, -0.25) is 14.3 Å². The van der Waals surface area contributed by atoms with Crippen LogP contribution < -0.4 is 11.1 Å². The van der Waals surface area contributed by atoms with Crippen molar-refractivity contribution in [2.24, 2.45) is 10.9 Å². The predicted octanol–water partition coefficient (Wildman–Crippen LogP) is 3.09. The second-order valence-electron chi connectivity index (χ2n) is 7.71. The first-order valence-electron chi connectivity index (χ1n) is 10.2. The summed E-state index contributed by atoms with van der Waals surface area (Å²) in [5, 5.41) is 11.9. The van der Waals surface area contributed by atoms with Crippen LogP contribution in [0.2, 0.25) is 0 Å². The number of benzene rings is 1. The lowest BCUT2D eigenvalue weighted by atomic mass is 10.1. The van der Waals surface area contributed by atoms with Crippen molar-refractivity contribution in [3.63, 3.8) is 0 Å². The molecule has 0 spiro atoms. The number of amides is 2. The fraction of sp³-hybridized carbons (Fsp3) is 0.318. The minimum absolute atomic E-state index is 0.108. The molecule has 0 saturated heterocycles. The number of aromatic nitrogens is 3. The van der Waals surface area contributed by atoms with E-state index in [2.05, 4.69) is 20.6 Å². The van der Waals surface area contributed by atoms with Crippen molar-refractivity contribution in [1.82, 2.24) is 14.8 Å². The summed E-state index contributed by atoms with van der Waals surface area (Å²) in [7, 11) is 0. The van der Waals surface area contributed by atoms with Gasteiger partial charge in [-0.05, 0) is 38.5 Å². The molecule has 2 amide bonds. The molecule has 9 nitrogen and oxygen atoms in total. The highest BCUT2D eigenvalue weighted by Gasteiger charge is 2.24. The molecule has 0 fully saturated rings. The average Bonchev–Trinajstić information content (AvgIpc) is 3.32. The lowest BCUT2D eigenvalue weighted by Crippen LogP contribution is -2.19. The minimum Gasteiger partial charge on any atom is -0.390 e. The second kappa shape index (κ2) is 8.37. The minimum atomic E-state index is -0.810. The Morgan fingerprint density at radius 1 is 1.31 bits per heavy atom. The third kappa shape index (κ3) is 4.03. The molecule has 1 aliphatic heterocycles.